The van der Waals surface area contributed by atoms with Crippen LogP contribution in [0.4, 0.5) is 5.69 Å². The van der Waals surface area contributed by atoms with Crippen LogP contribution in [-0.4, -0.2) is 31.2 Å². The molecule has 1 N–H and O–H groups in total. The molecule has 4 rings (SSSR count). The summed E-state index contributed by atoms with van der Waals surface area (Å²) in [5.41, 5.74) is 6.48. The van der Waals surface area contributed by atoms with Gasteiger partial charge >= 0.3 is 172 Å². The van der Waals surface area contributed by atoms with Crippen LogP contribution in [0.15, 0.2) is 77.8 Å². The number of nitrogens with zero attached hydrogens (tertiary/aromatic N) is 1. The molecule has 136 valence electrons. The monoisotopic (exact) mass is 470 g/mol. The fraction of sp³-hybridized carbons (Fsp3) is 0.208. The molecule has 0 fully saturated rings. The van der Waals surface area contributed by atoms with E-state index in [0.29, 0.717) is 0 Å². The Hall–Kier alpha value is -1.92. The first-order valence-corrected chi connectivity index (χ1v) is 11.7. The molecule has 1 unspecified atom stereocenters. The molecule has 3 aromatic rings. The number of hydrogen-bond donors (Lipinski definition) is 1. The quantitative estimate of drug-likeness (QED) is 0.450. The Labute approximate surface area is 171 Å². The second-order valence-corrected chi connectivity index (χ2v) is 10.1. The van der Waals surface area contributed by atoms with Gasteiger partial charge < -0.3 is 0 Å². The topological polar surface area (TPSA) is 24.4 Å². The predicted molar refractivity (Wildman–Crippen MR) is 116 cm³/mol. The van der Waals surface area contributed by atoms with Gasteiger partial charge in [-0.1, -0.05) is 0 Å². The second-order valence-electron chi connectivity index (χ2n) is 6.99. The Morgan fingerprint density at radius 1 is 0.963 bits per heavy atom. The number of rotatable bonds is 4. The van der Waals surface area contributed by atoms with Crippen molar-refractivity contribution in [2.24, 2.45) is 4.99 Å². The molecule has 27 heavy (non-hydrogen) atoms. The summed E-state index contributed by atoms with van der Waals surface area (Å²) in [5, 5.41) is 3.75. The summed E-state index contributed by atoms with van der Waals surface area (Å²) >= 11 is -0.567. The number of aliphatic imine (C=N–C) groups is 1. The molecule has 3 heteroatoms. The van der Waals surface area contributed by atoms with Gasteiger partial charge in [0.1, 0.15) is 0 Å². The summed E-state index contributed by atoms with van der Waals surface area (Å²) < 4.78 is 2.74. The van der Waals surface area contributed by atoms with E-state index in [2.05, 4.69) is 92.0 Å². The Morgan fingerprint density at radius 2 is 1.74 bits per heavy atom. The van der Waals surface area contributed by atoms with Crippen LogP contribution in [0.1, 0.15) is 28.3 Å². The number of aryl methyl sites for hydroxylation is 2. The molecule has 0 aromatic heterocycles. The summed E-state index contributed by atoms with van der Waals surface area (Å²) in [6, 6.07) is 26.4. The van der Waals surface area contributed by atoms with Gasteiger partial charge in [-0.15, -0.1) is 0 Å². The zero-order valence-electron chi connectivity index (χ0n) is 15.8. The van der Waals surface area contributed by atoms with E-state index in [9.17, 15) is 0 Å². The summed E-state index contributed by atoms with van der Waals surface area (Å²) in [7, 11) is 0. The molecular formula is C24H24N2Te. The summed E-state index contributed by atoms with van der Waals surface area (Å²) in [6.07, 6.45) is 1.09. The molecule has 3 aromatic carbocycles. The van der Waals surface area contributed by atoms with E-state index in [0.717, 1.165) is 18.7 Å². The van der Waals surface area contributed by atoms with Gasteiger partial charge in [0.15, 0.2) is 0 Å². The van der Waals surface area contributed by atoms with E-state index < -0.39 is 20.9 Å². The second kappa shape index (κ2) is 8.40. The van der Waals surface area contributed by atoms with Crippen molar-refractivity contribution in [3.63, 3.8) is 0 Å². The number of nitrogens with one attached hydrogen (secondary N) is 1. The molecule has 0 saturated heterocycles. The molecule has 0 aliphatic carbocycles. The number of hydrogen-bond acceptors (Lipinski definition) is 2. The van der Waals surface area contributed by atoms with Crippen LogP contribution in [0.3, 0.4) is 0 Å². The van der Waals surface area contributed by atoms with Crippen LogP contribution in [0.25, 0.3) is 0 Å². The molecule has 0 radical (unpaired) electrons. The van der Waals surface area contributed by atoms with Gasteiger partial charge in [-0.3, -0.25) is 0 Å². The van der Waals surface area contributed by atoms with Gasteiger partial charge in [0, 0.05) is 0 Å². The molecule has 0 bridgehead atoms. The van der Waals surface area contributed by atoms with Crippen molar-refractivity contribution in [1.82, 2.24) is 5.32 Å². The molecule has 0 spiro atoms. The fourth-order valence-corrected chi connectivity index (χ4v) is 6.40. The maximum absolute atomic E-state index is 5.23. The van der Waals surface area contributed by atoms with E-state index in [4.69, 9.17) is 4.99 Å². The molecule has 1 heterocycles. The van der Waals surface area contributed by atoms with Crippen molar-refractivity contribution in [3.05, 3.63) is 95.1 Å². The van der Waals surface area contributed by atoms with E-state index in [1.807, 2.05) is 0 Å². The standard InChI is InChI=1S/C24H24N2Te/c1-17-12-13-22(18(2)16-17)26-24(27-20-9-4-3-5-10-20)23-21-11-7-6-8-19(21)14-15-25-23/h3-13,16,23,25H,14-15H2,1-2H3. The minimum absolute atomic E-state index is 0.221. The third-order valence-corrected chi connectivity index (χ3v) is 7.88. The van der Waals surface area contributed by atoms with Crippen molar-refractivity contribution in [3.8, 4) is 0 Å². The van der Waals surface area contributed by atoms with Crippen LogP contribution < -0.4 is 8.93 Å². The molecule has 0 saturated carbocycles. The summed E-state index contributed by atoms with van der Waals surface area (Å²) in [6.45, 7) is 5.31. The zero-order valence-corrected chi connectivity index (χ0v) is 18.1. The average Bonchev–Trinajstić information content (AvgIpc) is 2.70. The Bertz CT molecular complexity index is 963. The van der Waals surface area contributed by atoms with Crippen molar-refractivity contribution >= 4 is 34.0 Å². The first-order chi connectivity index (χ1) is 13.2. The van der Waals surface area contributed by atoms with Crippen LogP contribution in [-0.2, 0) is 6.42 Å². The zero-order chi connectivity index (χ0) is 18.6. The van der Waals surface area contributed by atoms with Gasteiger partial charge in [-0.05, 0) is 0 Å². The number of benzene rings is 3. The minimum atomic E-state index is -0.567. The van der Waals surface area contributed by atoms with Crippen molar-refractivity contribution in [2.75, 3.05) is 6.54 Å². The fourth-order valence-electron chi connectivity index (χ4n) is 3.53. The van der Waals surface area contributed by atoms with Crippen molar-refractivity contribution < 1.29 is 0 Å². The van der Waals surface area contributed by atoms with Crippen LogP contribution >= 0.6 is 0 Å². The van der Waals surface area contributed by atoms with Crippen LogP contribution in [0.5, 0.6) is 0 Å². The third kappa shape index (κ3) is 4.33. The summed E-state index contributed by atoms with van der Waals surface area (Å²) in [4.78, 5) is 5.23. The van der Waals surface area contributed by atoms with E-state index in [-0.39, 0.29) is 6.04 Å². The van der Waals surface area contributed by atoms with Gasteiger partial charge in [-0.25, -0.2) is 0 Å². The first-order valence-electron chi connectivity index (χ1n) is 9.40. The molecule has 2 nitrogen and oxygen atoms in total. The van der Waals surface area contributed by atoms with E-state index >= 15 is 0 Å². The SMILES string of the molecule is Cc1ccc(N=C([Te]c2ccccc2)C2NCCc3ccccc32)c(C)c1. The Kier molecular flexibility index (Phi) is 5.74. The Morgan fingerprint density at radius 3 is 2.56 bits per heavy atom. The summed E-state index contributed by atoms with van der Waals surface area (Å²) in [5.74, 6) is 0. The predicted octanol–water partition coefficient (Wildman–Crippen LogP) is 4.25. The van der Waals surface area contributed by atoms with Crippen LogP contribution in [0, 0.1) is 13.8 Å². The maximum atomic E-state index is 5.23. The molecule has 1 aliphatic rings. The van der Waals surface area contributed by atoms with E-state index in [1.54, 1.807) is 0 Å². The third-order valence-electron chi connectivity index (χ3n) is 4.90. The molecule has 1 atom stereocenters. The van der Waals surface area contributed by atoms with E-state index in [1.165, 1.54) is 29.6 Å². The van der Waals surface area contributed by atoms with Crippen LogP contribution in [0.2, 0.25) is 0 Å². The van der Waals surface area contributed by atoms with Gasteiger partial charge in [0.2, 0.25) is 0 Å². The van der Waals surface area contributed by atoms with Gasteiger partial charge in [0.25, 0.3) is 0 Å². The molecule has 1 aliphatic heterocycles. The normalized spacial score (nSPS) is 16.8. The Balaban J connectivity index is 1.78. The molecular weight excluding hydrogens is 444 g/mol. The molecule has 0 amide bonds. The average molecular weight is 468 g/mol. The van der Waals surface area contributed by atoms with Gasteiger partial charge in [0.05, 0.1) is 0 Å². The number of fused-ring (bicyclic) bond motifs is 1. The van der Waals surface area contributed by atoms with Crippen molar-refractivity contribution in [1.29, 1.82) is 0 Å². The first kappa shape index (κ1) is 18.4. The van der Waals surface area contributed by atoms with Gasteiger partial charge in [-0.2, -0.15) is 0 Å². The van der Waals surface area contributed by atoms with Crippen molar-refractivity contribution in [2.45, 2.75) is 26.3 Å².